The van der Waals surface area contributed by atoms with Gasteiger partial charge in [0.25, 0.3) is 5.69 Å². The highest BCUT2D eigenvalue weighted by atomic mass is 32.1. The summed E-state index contributed by atoms with van der Waals surface area (Å²) in [7, 11) is 0. The van der Waals surface area contributed by atoms with E-state index in [2.05, 4.69) is 22.5 Å². The maximum absolute atomic E-state index is 10.8. The molecule has 0 aliphatic carbocycles. The van der Waals surface area contributed by atoms with Gasteiger partial charge < -0.3 is 10.6 Å². The maximum atomic E-state index is 10.8. The van der Waals surface area contributed by atoms with Gasteiger partial charge in [-0.15, -0.1) is 0 Å². The van der Waals surface area contributed by atoms with Crippen LogP contribution in [0.1, 0.15) is 16.7 Å². The van der Waals surface area contributed by atoms with Gasteiger partial charge in [0.05, 0.1) is 10.6 Å². The molecule has 0 fully saturated rings. The summed E-state index contributed by atoms with van der Waals surface area (Å²) < 4.78 is 0. The van der Waals surface area contributed by atoms with Crippen molar-refractivity contribution >= 4 is 34.4 Å². The molecule has 5 nitrogen and oxygen atoms in total. The molecule has 0 amide bonds. The largest absolute Gasteiger partial charge is 0.332 e. The van der Waals surface area contributed by atoms with Crippen LogP contribution in [0, 0.1) is 28.9 Å². The number of thiocarbonyl (C=S) groups is 1. The Balaban J connectivity index is 1.79. The normalized spacial score (nSPS) is 9.75. The molecule has 6 heteroatoms. The third kappa shape index (κ3) is 5.16. The number of rotatable bonds is 3. The second-order valence-corrected chi connectivity index (χ2v) is 6.46. The molecule has 0 unspecified atom stereocenters. The fourth-order valence-electron chi connectivity index (χ4n) is 2.48. The van der Waals surface area contributed by atoms with Crippen molar-refractivity contribution in [3.63, 3.8) is 0 Å². The first kappa shape index (κ1) is 19.1. The summed E-state index contributed by atoms with van der Waals surface area (Å²) >= 11 is 5.39. The Morgan fingerprint density at radius 2 is 1.68 bits per heavy atom. The van der Waals surface area contributed by atoms with E-state index in [0.717, 1.165) is 22.5 Å². The van der Waals surface area contributed by atoms with Crippen LogP contribution in [0.2, 0.25) is 0 Å². The third-order valence-corrected chi connectivity index (χ3v) is 4.08. The van der Waals surface area contributed by atoms with E-state index in [4.69, 9.17) is 12.2 Å². The van der Waals surface area contributed by atoms with Gasteiger partial charge >= 0.3 is 0 Å². The van der Waals surface area contributed by atoms with Crippen LogP contribution in [0.25, 0.3) is 0 Å². The topological polar surface area (TPSA) is 67.2 Å². The second kappa shape index (κ2) is 8.80. The average molecular weight is 387 g/mol. The van der Waals surface area contributed by atoms with Crippen molar-refractivity contribution in [2.24, 2.45) is 0 Å². The quantitative estimate of drug-likeness (QED) is 0.283. The van der Waals surface area contributed by atoms with Gasteiger partial charge in [-0.05, 0) is 61.1 Å². The number of nitro benzene ring substituents is 1. The van der Waals surface area contributed by atoms with Crippen molar-refractivity contribution in [1.29, 1.82) is 0 Å². The molecule has 2 N–H and O–H groups in total. The van der Waals surface area contributed by atoms with Crippen molar-refractivity contribution in [2.45, 2.75) is 6.92 Å². The Hall–Kier alpha value is -3.69. The first-order chi connectivity index (χ1) is 13.5. The molecule has 0 aromatic heterocycles. The van der Waals surface area contributed by atoms with E-state index in [1.807, 2.05) is 55.5 Å². The molecule has 0 atom stereocenters. The molecule has 0 radical (unpaired) electrons. The molecule has 28 heavy (non-hydrogen) atoms. The van der Waals surface area contributed by atoms with E-state index >= 15 is 0 Å². The smallest absolute Gasteiger partial charge is 0.269 e. The summed E-state index contributed by atoms with van der Waals surface area (Å²) in [5.41, 5.74) is 4.28. The minimum Gasteiger partial charge on any atom is -0.332 e. The zero-order valence-electron chi connectivity index (χ0n) is 15.1. The minimum absolute atomic E-state index is 0.0424. The molecule has 3 rings (SSSR count). The molecule has 0 bridgehead atoms. The van der Waals surface area contributed by atoms with E-state index in [1.54, 1.807) is 12.1 Å². The number of aryl methyl sites for hydroxylation is 1. The van der Waals surface area contributed by atoms with E-state index in [-0.39, 0.29) is 5.69 Å². The zero-order valence-corrected chi connectivity index (χ0v) is 15.9. The lowest BCUT2D eigenvalue weighted by atomic mass is 10.1. The van der Waals surface area contributed by atoms with Crippen LogP contribution in [-0.2, 0) is 0 Å². The van der Waals surface area contributed by atoms with Crippen LogP contribution in [0.4, 0.5) is 17.1 Å². The van der Waals surface area contributed by atoms with Crippen LogP contribution in [-0.4, -0.2) is 10.0 Å². The van der Waals surface area contributed by atoms with Gasteiger partial charge in [-0.2, -0.15) is 0 Å². The van der Waals surface area contributed by atoms with Gasteiger partial charge in [-0.25, -0.2) is 0 Å². The number of anilines is 2. The van der Waals surface area contributed by atoms with E-state index in [1.165, 1.54) is 12.1 Å². The number of para-hydroxylation sites is 1. The summed E-state index contributed by atoms with van der Waals surface area (Å²) in [5, 5.41) is 17.5. The van der Waals surface area contributed by atoms with E-state index in [0.29, 0.717) is 10.7 Å². The highest BCUT2D eigenvalue weighted by molar-refractivity contribution is 7.80. The molecule has 0 spiro atoms. The number of nitrogens with zero attached hydrogens (tertiary/aromatic N) is 1. The molecule has 0 saturated carbocycles. The summed E-state index contributed by atoms with van der Waals surface area (Å²) in [6, 6.07) is 21.7. The Kier molecular flexibility index (Phi) is 6.00. The van der Waals surface area contributed by atoms with Crippen LogP contribution in [0.5, 0.6) is 0 Å². The fourth-order valence-corrected chi connectivity index (χ4v) is 2.71. The molecular formula is C22H17N3O2S. The standard InChI is InChI=1S/C22H17N3O2S/c1-16-7-14-21(24-22(28)23-19-5-3-2-4-6-19)18(15-16)11-8-17-9-12-20(13-10-17)25(26)27/h2-7,9-10,12-15H,1H3,(H2,23,24,28). The first-order valence-corrected chi connectivity index (χ1v) is 8.92. The Morgan fingerprint density at radius 1 is 0.964 bits per heavy atom. The number of nitro groups is 1. The molecular weight excluding hydrogens is 370 g/mol. The van der Waals surface area contributed by atoms with Crippen LogP contribution in [0.15, 0.2) is 72.8 Å². The van der Waals surface area contributed by atoms with Crippen molar-refractivity contribution < 1.29 is 4.92 Å². The summed E-state index contributed by atoms with van der Waals surface area (Å²) in [4.78, 5) is 10.3. The lowest BCUT2D eigenvalue weighted by Gasteiger charge is -2.12. The molecule has 0 aliphatic heterocycles. The lowest BCUT2D eigenvalue weighted by molar-refractivity contribution is -0.384. The monoisotopic (exact) mass is 387 g/mol. The SMILES string of the molecule is Cc1ccc(NC(=S)Nc2ccccc2)c(C#Cc2ccc([N+](=O)[O-])cc2)c1. The molecule has 3 aromatic rings. The lowest BCUT2D eigenvalue weighted by Crippen LogP contribution is -2.19. The first-order valence-electron chi connectivity index (χ1n) is 8.51. The number of nitrogens with one attached hydrogen (secondary N) is 2. The fraction of sp³-hybridized carbons (Fsp3) is 0.0455. The average Bonchev–Trinajstić information content (AvgIpc) is 2.69. The number of non-ortho nitro benzene ring substituents is 1. The minimum atomic E-state index is -0.430. The van der Waals surface area contributed by atoms with Gasteiger partial charge in [-0.3, -0.25) is 10.1 Å². The van der Waals surface area contributed by atoms with Crippen LogP contribution >= 0.6 is 12.2 Å². The predicted octanol–water partition coefficient (Wildman–Crippen LogP) is 5.11. The Morgan fingerprint density at radius 3 is 2.36 bits per heavy atom. The van der Waals surface area contributed by atoms with Gasteiger partial charge in [-0.1, -0.05) is 36.1 Å². The molecule has 0 saturated heterocycles. The third-order valence-electron chi connectivity index (χ3n) is 3.87. The molecule has 0 aliphatic rings. The molecule has 3 aromatic carbocycles. The molecule has 138 valence electrons. The second-order valence-electron chi connectivity index (χ2n) is 6.05. The molecule has 0 heterocycles. The van der Waals surface area contributed by atoms with Crippen molar-refractivity contribution in [2.75, 3.05) is 10.6 Å². The number of hydrogen-bond donors (Lipinski definition) is 2. The highest BCUT2D eigenvalue weighted by Gasteiger charge is 2.05. The number of hydrogen-bond acceptors (Lipinski definition) is 3. The van der Waals surface area contributed by atoms with E-state index in [9.17, 15) is 10.1 Å². The van der Waals surface area contributed by atoms with Crippen molar-refractivity contribution in [3.05, 3.63) is 99.6 Å². The van der Waals surface area contributed by atoms with Crippen molar-refractivity contribution in [1.82, 2.24) is 0 Å². The Bertz CT molecular complexity index is 1070. The van der Waals surface area contributed by atoms with Gasteiger partial charge in [0.15, 0.2) is 5.11 Å². The van der Waals surface area contributed by atoms with Gasteiger partial charge in [0, 0.05) is 28.9 Å². The van der Waals surface area contributed by atoms with Gasteiger partial charge in [0.2, 0.25) is 0 Å². The maximum Gasteiger partial charge on any atom is 0.269 e. The summed E-state index contributed by atoms with van der Waals surface area (Å²) in [5.74, 6) is 6.16. The summed E-state index contributed by atoms with van der Waals surface area (Å²) in [6.45, 7) is 1.99. The number of benzene rings is 3. The van der Waals surface area contributed by atoms with E-state index < -0.39 is 4.92 Å². The highest BCUT2D eigenvalue weighted by Crippen LogP contribution is 2.18. The van der Waals surface area contributed by atoms with Crippen molar-refractivity contribution in [3.8, 4) is 11.8 Å². The van der Waals surface area contributed by atoms with Crippen LogP contribution in [0.3, 0.4) is 0 Å². The van der Waals surface area contributed by atoms with Crippen LogP contribution < -0.4 is 10.6 Å². The Labute approximate surface area is 168 Å². The predicted molar refractivity (Wildman–Crippen MR) is 117 cm³/mol. The van der Waals surface area contributed by atoms with Gasteiger partial charge in [0.1, 0.15) is 0 Å². The summed E-state index contributed by atoms with van der Waals surface area (Å²) in [6.07, 6.45) is 0. The zero-order chi connectivity index (χ0) is 19.9.